The quantitative estimate of drug-likeness (QED) is 0.655. The number of carbonyl (C=O) groups excluding carboxylic acids is 1. The Kier molecular flexibility index (Phi) is 3.66. The summed E-state index contributed by atoms with van der Waals surface area (Å²) < 4.78 is 0. The Bertz CT molecular complexity index is 281. The number of hydrogen-bond donors (Lipinski definition) is 0. The second-order valence-corrected chi connectivity index (χ2v) is 7.27. The number of fused-ring (bicyclic) bond motifs is 1. The first-order valence-electron chi connectivity index (χ1n) is 7.44. The first-order chi connectivity index (χ1) is 8.00. The average Bonchev–Trinajstić information content (AvgIpc) is 2.26. The van der Waals surface area contributed by atoms with E-state index in [2.05, 4.69) is 20.8 Å². The van der Waals surface area contributed by atoms with Crippen molar-refractivity contribution in [3.05, 3.63) is 0 Å². The summed E-state index contributed by atoms with van der Waals surface area (Å²) in [7, 11) is 0. The fourth-order valence-corrected chi connectivity index (χ4v) is 5.02. The summed E-state index contributed by atoms with van der Waals surface area (Å²) in [4.78, 5) is 10.6. The van der Waals surface area contributed by atoms with Gasteiger partial charge in [0.25, 0.3) is 0 Å². The minimum absolute atomic E-state index is 0.517. The molecule has 2 rings (SSSR count). The van der Waals surface area contributed by atoms with E-state index < -0.39 is 0 Å². The third-order valence-corrected chi connectivity index (χ3v) is 5.89. The van der Waals surface area contributed by atoms with E-state index in [1.165, 1.54) is 38.5 Å². The summed E-state index contributed by atoms with van der Waals surface area (Å²) in [6, 6.07) is 0. The van der Waals surface area contributed by atoms with Gasteiger partial charge in [-0.05, 0) is 54.8 Å². The zero-order chi connectivity index (χ0) is 12.5. The van der Waals surface area contributed by atoms with Crippen LogP contribution in [-0.2, 0) is 4.79 Å². The number of rotatable bonds is 3. The topological polar surface area (TPSA) is 17.1 Å². The lowest BCUT2D eigenvalue weighted by Crippen LogP contribution is -2.48. The molecule has 98 valence electrons. The van der Waals surface area contributed by atoms with E-state index in [4.69, 9.17) is 0 Å². The van der Waals surface area contributed by atoms with Crippen molar-refractivity contribution in [1.82, 2.24) is 0 Å². The van der Waals surface area contributed by atoms with E-state index in [0.717, 1.165) is 31.0 Å². The highest BCUT2D eigenvalue weighted by Crippen LogP contribution is 2.60. The third-order valence-electron chi connectivity index (χ3n) is 5.89. The van der Waals surface area contributed by atoms with E-state index in [1.807, 2.05) is 0 Å². The van der Waals surface area contributed by atoms with Gasteiger partial charge in [-0.1, -0.05) is 33.6 Å². The normalized spacial score (nSPS) is 40.6. The molecule has 0 bridgehead atoms. The van der Waals surface area contributed by atoms with Gasteiger partial charge in [-0.25, -0.2) is 0 Å². The zero-order valence-electron chi connectivity index (χ0n) is 11.8. The molecule has 0 aromatic rings. The van der Waals surface area contributed by atoms with Crippen LogP contribution in [-0.4, -0.2) is 6.29 Å². The number of carbonyl (C=O) groups is 1. The van der Waals surface area contributed by atoms with Crippen molar-refractivity contribution in [1.29, 1.82) is 0 Å². The van der Waals surface area contributed by atoms with Crippen LogP contribution >= 0.6 is 0 Å². The van der Waals surface area contributed by atoms with Crippen LogP contribution in [0.1, 0.15) is 72.1 Å². The highest BCUT2D eigenvalue weighted by Gasteiger charge is 2.51. The summed E-state index contributed by atoms with van der Waals surface area (Å²) in [5.41, 5.74) is 1.04. The van der Waals surface area contributed by atoms with Gasteiger partial charge in [0, 0.05) is 6.42 Å². The molecule has 1 heteroatoms. The molecule has 17 heavy (non-hydrogen) atoms. The summed E-state index contributed by atoms with van der Waals surface area (Å²) in [5, 5.41) is 0. The maximum atomic E-state index is 10.6. The minimum Gasteiger partial charge on any atom is -0.303 e. The van der Waals surface area contributed by atoms with Gasteiger partial charge < -0.3 is 4.79 Å². The van der Waals surface area contributed by atoms with Crippen LogP contribution in [0.15, 0.2) is 0 Å². The summed E-state index contributed by atoms with van der Waals surface area (Å²) in [6.45, 7) is 7.46. The molecule has 2 saturated carbocycles. The van der Waals surface area contributed by atoms with Crippen molar-refractivity contribution >= 4 is 6.29 Å². The molecule has 3 atom stereocenters. The minimum atomic E-state index is 0.517. The second kappa shape index (κ2) is 4.74. The molecule has 0 unspecified atom stereocenters. The van der Waals surface area contributed by atoms with E-state index >= 15 is 0 Å². The molecule has 0 saturated heterocycles. The zero-order valence-corrected chi connectivity index (χ0v) is 11.8. The predicted octanol–water partition coefficient (Wildman–Crippen LogP) is 4.60. The molecule has 0 radical (unpaired) electrons. The van der Waals surface area contributed by atoms with Crippen LogP contribution in [0.5, 0.6) is 0 Å². The molecule has 0 aromatic carbocycles. The third kappa shape index (κ3) is 2.30. The van der Waals surface area contributed by atoms with Crippen LogP contribution in [0.2, 0.25) is 0 Å². The Balaban J connectivity index is 2.18. The molecule has 1 nitrogen and oxygen atoms in total. The van der Waals surface area contributed by atoms with Crippen LogP contribution < -0.4 is 0 Å². The lowest BCUT2D eigenvalue weighted by atomic mass is 9.48. The van der Waals surface area contributed by atoms with Crippen molar-refractivity contribution in [2.45, 2.75) is 72.1 Å². The Morgan fingerprint density at radius 1 is 1.12 bits per heavy atom. The Labute approximate surface area is 106 Å². The monoisotopic (exact) mass is 236 g/mol. The van der Waals surface area contributed by atoms with Gasteiger partial charge >= 0.3 is 0 Å². The molecular weight excluding hydrogens is 208 g/mol. The molecule has 0 heterocycles. The lowest BCUT2D eigenvalue weighted by Gasteiger charge is -2.57. The molecule has 0 aromatic heterocycles. The van der Waals surface area contributed by atoms with E-state index in [1.54, 1.807) is 0 Å². The van der Waals surface area contributed by atoms with Crippen LogP contribution in [0.25, 0.3) is 0 Å². The van der Waals surface area contributed by atoms with E-state index in [0.29, 0.717) is 10.8 Å². The Morgan fingerprint density at radius 3 is 2.59 bits per heavy atom. The highest BCUT2D eigenvalue weighted by molar-refractivity contribution is 5.49. The van der Waals surface area contributed by atoms with Gasteiger partial charge in [-0.15, -0.1) is 0 Å². The SMILES string of the molecule is CC1(C)CCC[C@@]2(C)[C@H](CCC=O)CCC[C@H]12. The Morgan fingerprint density at radius 2 is 1.88 bits per heavy atom. The standard InChI is InChI=1S/C16H28O/c1-15(2)10-6-11-16(3)13(8-5-12-17)7-4-9-14(15)16/h12-14H,4-11H2,1-3H3/t13-,14+,16-/m0/s1. The van der Waals surface area contributed by atoms with E-state index in [-0.39, 0.29) is 0 Å². The molecule has 2 aliphatic rings. The van der Waals surface area contributed by atoms with Crippen molar-refractivity contribution < 1.29 is 4.79 Å². The van der Waals surface area contributed by atoms with Gasteiger partial charge in [-0.3, -0.25) is 0 Å². The van der Waals surface area contributed by atoms with Crippen molar-refractivity contribution in [3.63, 3.8) is 0 Å². The average molecular weight is 236 g/mol. The second-order valence-electron chi connectivity index (χ2n) is 7.27. The van der Waals surface area contributed by atoms with Gasteiger partial charge in [0.05, 0.1) is 0 Å². The molecule has 2 fully saturated rings. The fourth-order valence-electron chi connectivity index (χ4n) is 5.02. The first kappa shape index (κ1) is 13.1. The van der Waals surface area contributed by atoms with Gasteiger partial charge in [0.15, 0.2) is 0 Å². The predicted molar refractivity (Wildman–Crippen MR) is 71.9 cm³/mol. The highest BCUT2D eigenvalue weighted by atomic mass is 16.1. The van der Waals surface area contributed by atoms with Gasteiger partial charge in [-0.2, -0.15) is 0 Å². The first-order valence-corrected chi connectivity index (χ1v) is 7.44. The molecule has 0 spiro atoms. The van der Waals surface area contributed by atoms with E-state index in [9.17, 15) is 4.79 Å². The molecule has 2 aliphatic carbocycles. The van der Waals surface area contributed by atoms with Crippen LogP contribution in [0, 0.1) is 22.7 Å². The lowest BCUT2D eigenvalue weighted by molar-refractivity contribution is -0.109. The van der Waals surface area contributed by atoms with Crippen molar-refractivity contribution in [2.24, 2.45) is 22.7 Å². The van der Waals surface area contributed by atoms with Crippen LogP contribution in [0.3, 0.4) is 0 Å². The fraction of sp³-hybridized carbons (Fsp3) is 0.938. The number of hydrogen-bond acceptors (Lipinski definition) is 1. The maximum Gasteiger partial charge on any atom is 0.120 e. The van der Waals surface area contributed by atoms with Gasteiger partial charge in [0.1, 0.15) is 6.29 Å². The smallest absolute Gasteiger partial charge is 0.120 e. The molecular formula is C16H28O. The maximum absolute atomic E-state index is 10.6. The van der Waals surface area contributed by atoms with Crippen molar-refractivity contribution in [2.75, 3.05) is 0 Å². The summed E-state index contributed by atoms with van der Waals surface area (Å²) in [5.74, 6) is 1.68. The molecule has 0 N–H and O–H groups in total. The van der Waals surface area contributed by atoms with Crippen molar-refractivity contribution in [3.8, 4) is 0 Å². The largest absolute Gasteiger partial charge is 0.303 e. The summed E-state index contributed by atoms with van der Waals surface area (Å²) >= 11 is 0. The van der Waals surface area contributed by atoms with Gasteiger partial charge in [0.2, 0.25) is 0 Å². The summed E-state index contributed by atoms with van der Waals surface area (Å²) in [6.07, 6.45) is 11.3. The molecule has 0 amide bonds. The number of aldehydes is 1. The Hall–Kier alpha value is -0.330. The van der Waals surface area contributed by atoms with Crippen LogP contribution in [0.4, 0.5) is 0 Å². The molecule has 0 aliphatic heterocycles.